The molecular weight excluding hydrogens is 326 g/mol. The molecule has 1 aromatic heterocycles. The minimum atomic E-state index is -0.883. The molecule has 0 unspecified atom stereocenters. The van der Waals surface area contributed by atoms with Gasteiger partial charge in [-0.05, 0) is 18.6 Å². The first-order valence-corrected chi connectivity index (χ1v) is 7.88. The van der Waals surface area contributed by atoms with Crippen LogP contribution in [-0.4, -0.2) is 49.3 Å². The van der Waals surface area contributed by atoms with Crippen molar-refractivity contribution in [3.63, 3.8) is 0 Å². The van der Waals surface area contributed by atoms with Gasteiger partial charge in [-0.3, -0.25) is 4.79 Å². The second-order valence-electron chi connectivity index (χ2n) is 5.27. The van der Waals surface area contributed by atoms with E-state index in [1.165, 1.54) is 7.11 Å². The molecule has 1 aromatic carbocycles. The van der Waals surface area contributed by atoms with Crippen LogP contribution in [0.1, 0.15) is 12.5 Å². The molecule has 0 aliphatic heterocycles. The summed E-state index contributed by atoms with van der Waals surface area (Å²) in [6, 6.07) is 6.12. The summed E-state index contributed by atoms with van der Waals surface area (Å²) in [5, 5.41) is 5.84. The number of benzene rings is 1. The Kier molecular flexibility index (Phi) is 6.39. The van der Waals surface area contributed by atoms with Crippen LogP contribution in [0.3, 0.4) is 0 Å². The Morgan fingerprint density at radius 1 is 1.24 bits per heavy atom. The normalized spacial score (nSPS) is 11.6. The first-order chi connectivity index (χ1) is 12.0. The van der Waals surface area contributed by atoms with Gasteiger partial charge in [-0.1, -0.05) is 18.2 Å². The maximum atomic E-state index is 12.0. The van der Waals surface area contributed by atoms with Crippen LogP contribution >= 0.6 is 0 Å². The maximum absolute atomic E-state index is 12.0. The zero-order chi connectivity index (χ0) is 18.2. The first-order valence-electron chi connectivity index (χ1n) is 7.88. The Hall–Kier alpha value is -3.03. The third-order valence-electron chi connectivity index (χ3n) is 3.59. The molecule has 0 saturated heterocycles. The fourth-order valence-electron chi connectivity index (χ4n) is 2.43. The van der Waals surface area contributed by atoms with Gasteiger partial charge in [0.25, 0.3) is 0 Å². The Labute approximate surface area is 144 Å². The molecule has 1 heterocycles. The van der Waals surface area contributed by atoms with Crippen LogP contribution in [0.2, 0.25) is 0 Å². The largest absolute Gasteiger partial charge is 0.467 e. The maximum Gasteiger partial charge on any atom is 0.328 e. The second kappa shape index (κ2) is 8.72. The van der Waals surface area contributed by atoms with E-state index in [4.69, 9.17) is 9.47 Å². The van der Waals surface area contributed by atoms with Gasteiger partial charge in [0, 0.05) is 23.5 Å². The number of hydrogen-bond acceptors (Lipinski definition) is 5. The van der Waals surface area contributed by atoms with Gasteiger partial charge in [-0.25, -0.2) is 9.59 Å². The van der Waals surface area contributed by atoms with Gasteiger partial charge < -0.3 is 25.1 Å². The third kappa shape index (κ3) is 4.97. The van der Waals surface area contributed by atoms with Gasteiger partial charge in [0.15, 0.2) is 0 Å². The highest BCUT2D eigenvalue weighted by molar-refractivity contribution is 5.87. The summed E-state index contributed by atoms with van der Waals surface area (Å²) in [5.41, 5.74) is 1.81. The number of para-hydroxylation sites is 1. The summed E-state index contributed by atoms with van der Waals surface area (Å²) in [7, 11) is 1.25. The Bertz CT molecular complexity index is 756. The number of amides is 2. The molecule has 0 spiro atoms. The van der Waals surface area contributed by atoms with Crippen LogP contribution in [0.25, 0.3) is 10.9 Å². The van der Waals surface area contributed by atoms with E-state index in [9.17, 15) is 14.4 Å². The van der Waals surface area contributed by atoms with E-state index in [1.807, 2.05) is 24.3 Å². The molecule has 134 valence electrons. The zero-order valence-electron chi connectivity index (χ0n) is 14.1. The van der Waals surface area contributed by atoms with E-state index in [0.717, 1.165) is 16.5 Å². The molecule has 0 aliphatic rings. The number of urea groups is 1. The second-order valence-corrected chi connectivity index (χ2v) is 5.27. The minimum Gasteiger partial charge on any atom is -0.467 e. The number of methoxy groups -OCH3 is 1. The smallest absolute Gasteiger partial charge is 0.328 e. The average molecular weight is 347 g/mol. The van der Waals surface area contributed by atoms with Crippen LogP contribution in [0.5, 0.6) is 0 Å². The van der Waals surface area contributed by atoms with E-state index < -0.39 is 24.0 Å². The summed E-state index contributed by atoms with van der Waals surface area (Å²) >= 11 is 0. The monoisotopic (exact) mass is 347 g/mol. The van der Waals surface area contributed by atoms with E-state index in [0.29, 0.717) is 0 Å². The lowest BCUT2D eigenvalue weighted by atomic mass is 10.1. The molecule has 0 aliphatic carbocycles. The summed E-state index contributed by atoms with van der Waals surface area (Å²) in [4.78, 5) is 38.3. The van der Waals surface area contributed by atoms with Crippen molar-refractivity contribution in [2.24, 2.45) is 0 Å². The van der Waals surface area contributed by atoms with Crippen LogP contribution in [0, 0.1) is 0 Å². The highest BCUT2D eigenvalue weighted by Crippen LogP contribution is 2.19. The zero-order valence-corrected chi connectivity index (χ0v) is 14.1. The molecule has 2 rings (SSSR count). The Morgan fingerprint density at radius 2 is 2.00 bits per heavy atom. The van der Waals surface area contributed by atoms with Gasteiger partial charge in [-0.15, -0.1) is 0 Å². The molecule has 2 aromatic rings. The van der Waals surface area contributed by atoms with Crippen molar-refractivity contribution in [3.05, 3.63) is 36.0 Å². The van der Waals surface area contributed by atoms with Crippen molar-refractivity contribution in [3.8, 4) is 0 Å². The number of nitrogens with one attached hydrogen (secondary N) is 3. The van der Waals surface area contributed by atoms with E-state index in [2.05, 4.69) is 15.6 Å². The molecule has 0 fully saturated rings. The molecule has 0 radical (unpaired) electrons. The van der Waals surface area contributed by atoms with Gasteiger partial charge in [0.1, 0.15) is 12.6 Å². The molecule has 25 heavy (non-hydrogen) atoms. The van der Waals surface area contributed by atoms with Crippen molar-refractivity contribution in [1.82, 2.24) is 15.6 Å². The molecule has 8 nitrogen and oxygen atoms in total. The van der Waals surface area contributed by atoms with E-state index in [-0.39, 0.29) is 19.6 Å². The molecule has 2 amide bonds. The number of ether oxygens (including phenoxy) is 2. The Morgan fingerprint density at radius 3 is 2.72 bits per heavy atom. The summed E-state index contributed by atoms with van der Waals surface area (Å²) in [6.07, 6.45) is 2.04. The number of rotatable bonds is 7. The average Bonchev–Trinajstić information content (AvgIpc) is 3.02. The summed E-state index contributed by atoms with van der Waals surface area (Å²) < 4.78 is 9.48. The number of carbonyl (C=O) groups is 3. The standard InChI is InChI=1S/C17H21N3O5/c1-3-25-15(21)10-19-17(23)20-14(16(22)24-2)8-11-9-18-13-7-5-4-6-12(11)13/h4-7,9,14,18H,3,8,10H2,1-2H3,(H2,19,20,23)/t14-/m1/s1. The molecule has 0 bridgehead atoms. The van der Waals surface area contributed by atoms with Gasteiger partial charge in [0.05, 0.1) is 13.7 Å². The first kappa shape index (κ1) is 18.3. The Balaban J connectivity index is 2.02. The predicted molar refractivity (Wildman–Crippen MR) is 91.0 cm³/mol. The topological polar surface area (TPSA) is 110 Å². The molecule has 3 N–H and O–H groups in total. The number of carbonyl (C=O) groups excluding carboxylic acids is 3. The third-order valence-corrected chi connectivity index (χ3v) is 3.59. The number of fused-ring (bicyclic) bond motifs is 1. The molecule has 1 atom stereocenters. The number of esters is 2. The number of aromatic amines is 1. The fourth-order valence-corrected chi connectivity index (χ4v) is 2.43. The van der Waals surface area contributed by atoms with Crippen LogP contribution in [-0.2, 0) is 25.5 Å². The lowest BCUT2D eigenvalue weighted by molar-refractivity contribution is -0.142. The number of aromatic nitrogens is 1. The van der Waals surface area contributed by atoms with Gasteiger partial charge in [0.2, 0.25) is 0 Å². The predicted octanol–water partition coefficient (Wildman–Crippen LogP) is 1.11. The number of H-pyrrole nitrogens is 1. The lowest BCUT2D eigenvalue weighted by Crippen LogP contribution is -2.48. The van der Waals surface area contributed by atoms with Crippen LogP contribution in [0.4, 0.5) is 4.79 Å². The minimum absolute atomic E-state index is 0.230. The highest BCUT2D eigenvalue weighted by atomic mass is 16.5. The van der Waals surface area contributed by atoms with Crippen molar-refractivity contribution >= 4 is 28.9 Å². The summed E-state index contributed by atoms with van der Waals surface area (Å²) in [5.74, 6) is -1.12. The van der Waals surface area contributed by atoms with Gasteiger partial charge in [-0.2, -0.15) is 0 Å². The highest BCUT2D eigenvalue weighted by Gasteiger charge is 2.23. The number of hydrogen-bond donors (Lipinski definition) is 3. The van der Waals surface area contributed by atoms with Crippen molar-refractivity contribution in [2.75, 3.05) is 20.3 Å². The SMILES string of the molecule is CCOC(=O)CNC(=O)N[C@H](Cc1c[nH]c2ccccc12)C(=O)OC. The van der Waals surface area contributed by atoms with E-state index in [1.54, 1.807) is 13.1 Å². The van der Waals surface area contributed by atoms with Crippen LogP contribution < -0.4 is 10.6 Å². The van der Waals surface area contributed by atoms with Crippen molar-refractivity contribution in [2.45, 2.75) is 19.4 Å². The van der Waals surface area contributed by atoms with E-state index >= 15 is 0 Å². The molecule has 8 heteroatoms. The lowest BCUT2D eigenvalue weighted by Gasteiger charge is -2.16. The van der Waals surface area contributed by atoms with Crippen LogP contribution in [0.15, 0.2) is 30.5 Å². The molecule has 0 saturated carbocycles. The molecular formula is C17H21N3O5. The fraction of sp³-hybridized carbons (Fsp3) is 0.353. The van der Waals surface area contributed by atoms with Crippen molar-refractivity contribution in [1.29, 1.82) is 0 Å². The summed E-state index contributed by atoms with van der Waals surface area (Å²) in [6.45, 7) is 1.63. The van der Waals surface area contributed by atoms with Crippen molar-refractivity contribution < 1.29 is 23.9 Å². The quantitative estimate of drug-likeness (QED) is 0.650. The van der Waals surface area contributed by atoms with Gasteiger partial charge >= 0.3 is 18.0 Å².